The number of benzene rings is 1. The number of hydrogen-bond donors (Lipinski definition) is 1. The summed E-state index contributed by atoms with van der Waals surface area (Å²) < 4.78 is 7.73. The molecule has 5 nitrogen and oxygen atoms in total. The molecule has 3 rings (SSSR count). The van der Waals surface area contributed by atoms with Gasteiger partial charge in [-0.15, -0.1) is 11.6 Å². The number of carboxylic acids is 1. The molecule has 0 radical (unpaired) electrons. The van der Waals surface area contributed by atoms with E-state index in [1.807, 2.05) is 18.4 Å². The lowest BCUT2D eigenvalue weighted by atomic mass is 10.0. The first-order valence-electron chi connectivity index (χ1n) is 5.92. The van der Waals surface area contributed by atoms with Crippen molar-refractivity contribution in [1.82, 2.24) is 9.55 Å². The second-order valence-corrected chi connectivity index (χ2v) is 5.51. The highest BCUT2D eigenvalue weighted by molar-refractivity contribution is 6.17. The molecule has 0 atom stereocenters. The summed E-state index contributed by atoms with van der Waals surface area (Å²) in [7, 11) is 0. The maximum absolute atomic E-state index is 11.1. The molecule has 2 heterocycles. The zero-order valence-corrected chi connectivity index (χ0v) is 11.4. The third-order valence-electron chi connectivity index (χ3n) is 3.34. The van der Waals surface area contributed by atoms with Crippen molar-refractivity contribution in [3.05, 3.63) is 23.5 Å². The fourth-order valence-electron chi connectivity index (χ4n) is 2.52. The summed E-state index contributed by atoms with van der Waals surface area (Å²) in [5, 5.41) is 9.10. The van der Waals surface area contributed by atoms with Crippen molar-refractivity contribution >= 4 is 28.6 Å². The highest BCUT2D eigenvalue weighted by Crippen LogP contribution is 2.38. The highest BCUT2D eigenvalue weighted by Gasteiger charge is 2.33. The summed E-state index contributed by atoms with van der Waals surface area (Å²) in [4.78, 5) is 15.5. The van der Waals surface area contributed by atoms with Gasteiger partial charge in [0, 0.05) is 0 Å². The Bertz CT molecular complexity index is 691. The maximum Gasteiger partial charge on any atom is 0.335 e. The predicted molar refractivity (Wildman–Crippen MR) is 71.1 cm³/mol. The minimum absolute atomic E-state index is 0.174. The van der Waals surface area contributed by atoms with Crippen LogP contribution in [0.4, 0.5) is 0 Å². The van der Waals surface area contributed by atoms with E-state index >= 15 is 0 Å². The number of carbonyl (C=O) groups is 1. The van der Waals surface area contributed by atoms with Gasteiger partial charge in [0.05, 0.1) is 22.5 Å². The molecule has 0 amide bonds. The molecule has 0 aliphatic carbocycles. The van der Waals surface area contributed by atoms with Crippen LogP contribution in [0.1, 0.15) is 30.0 Å². The SMILES string of the molecule is CC1(C)COc2cc(C(=O)O)cc3nc(CCl)n1c23. The van der Waals surface area contributed by atoms with E-state index < -0.39 is 5.97 Å². The minimum Gasteiger partial charge on any atom is -0.489 e. The lowest BCUT2D eigenvalue weighted by Gasteiger charge is -2.33. The van der Waals surface area contributed by atoms with E-state index in [0.29, 0.717) is 17.9 Å². The van der Waals surface area contributed by atoms with E-state index in [-0.39, 0.29) is 17.0 Å². The minimum atomic E-state index is -0.992. The third kappa shape index (κ3) is 1.69. The number of alkyl halides is 1. The van der Waals surface area contributed by atoms with Crippen molar-refractivity contribution < 1.29 is 14.6 Å². The summed E-state index contributed by atoms with van der Waals surface area (Å²) in [6.07, 6.45) is 0. The summed E-state index contributed by atoms with van der Waals surface area (Å²) in [5.41, 5.74) is 1.35. The third-order valence-corrected chi connectivity index (χ3v) is 3.58. The fraction of sp³-hybridized carbons (Fsp3) is 0.385. The molecular formula is C13H13ClN2O3. The van der Waals surface area contributed by atoms with Crippen molar-refractivity contribution in [3.63, 3.8) is 0 Å². The Morgan fingerprint density at radius 3 is 2.95 bits per heavy atom. The fourth-order valence-corrected chi connectivity index (χ4v) is 2.69. The molecule has 0 spiro atoms. The molecule has 1 N–H and O–H groups in total. The van der Waals surface area contributed by atoms with Gasteiger partial charge in [-0.2, -0.15) is 0 Å². The molecule has 19 heavy (non-hydrogen) atoms. The average molecular weight is 281 g/mol. The van der Waals surface area contributed by atoms with Gasteiger partial charge in [-0.25, -0.2) is 9.78 Å². The number of hydrogen-bond acceptors (Lipinski definition) is 3. The number of rotatable bonds is 2. The molecule has 6 heteroatoms. The topological polar surface area (TPSA) is 64.3 Å². The number of nitrogens with zero attached hydrogens (tertiary/aromatic N) is 2. The van der Waals surface area contributed by atoms with E-state index in [9.17, 15) is 4.79 Å². The van der Waals surface area contributed by atoms with Crippen LogP contribution in [0.5, 0.6) is 5.75 Å². The first-order chi connectivity index (χ1) is 8.94. The molecule has 100 valence electrons. The largest absolute Gasteiger partial charge is 0.489 e. The highest BCUT2D eigenvalue weighted by atomic mass is 35.5. The average Bonchev–Trinajstić information content (AvgIpc) is 2.74. The number of aromatic nitrogens is 2. The zero-order valence-electron chi connectivity index (χ0n) is 10.6. The first-order valence-corrected chi connectivity index (χ1v) is 6.45. The number of carboxylic acid groups (broad SMARTS) is 1. The van der Waals surface area contributed by atoms with Crippen molar-refractivity contribution in [2.75, 3.05) is 6.61 Å². The second-order valence-electron chi connectivity index (χ2n) is 5.25. The van der Waals surface area contributed by atoms with Crippen LogP contribution in [0.25, 0.3) is 11.0 Å². The Morgan fingerprint density at radius 1 is 1.58 bits per heavy atom. The molecule has 0 saturated carbocycles. The van der Waals surface area contributed by atoms with Crippen LogP contribution in [0.15, 0.2) is 12.1 Å². The standard InChI is InChI=1S/C13H13ClN2O3/c1-13(2)6-19-9-4-7(12(17)18)3-8-11(9)16(13)10(5-14)15-8/h3-4H,5-6H2,1-2H3,(H,17,18). The molecule has 0 saturated heterocycles. The van der Waals surface area contributed by atoms with Gasteiger partial charge in [0.1, 0.15) is 23.7 Å². The van der Waals surface area contributed by atoms with Crippen molar-refractivity contribution in [2.24, 2.45) is 0 Å². The monoisotopic (exact) mass is 280 g/mol. The predicted octanol–water partition coefficient (Wildman–Crippen LogP) is 2.60. The van der Waals surface area contributed by atoms with Gasteiger partial charge < -0.3 is 14.4 Å². The smallest absolute Gasteiger partial charge is 0.335 e. The summed E-state index contributed by atoms with van der Waals surface area (Å²) in [6.45, 7) is 4.54. The van der Waals surface area contributed by atoms with Crippen LogP contribution in [0, 0.1) is 0 Å². The molecule has 0 fully saturated rings. The Hall–Kier alpha value is -1.75. The Balaban J connectivity index is 2.39. The molecular weight excluding hydrogens is 268 g/mol. The number of aromatic carboxylic acids is 1. The zero-order chi connectivity index (χ0) is 13.8. The molecule has 1 aromatic heterocycles. The lowest BCUT2D eigenvalue weighted by Crippen LogP contribution is -2.37. The van der Waals surface area contributed by atoms with E-state index in [1.54, 1.807) is 6.07 Å². The Morgan fingerprint density at radius 2 is 2.32 bits per heavy atom. The molecule has 1 aliphatic heterocycles. The van der Waals surface area contributed by atoms with Crippen molar-refractivity contribution in [2.45, 2.75) is 25.3 Å². The normalized spacial score (nSPS) is 16.4. The van der Waals surface area contributed by atoms with Gasteiger partial charge in [0.15, 0.2) is 0 Å². The van der Waals surface area contributed by atoms with E-state index in [0.717, 1.165) is 11.3 Å². The second kappa shape index (κ2) is 3.87. The quantitative estimate of drug-likeness (QED) is 0.859. The summed E-state index contributed by atoms with van der Waals surface area (Å²) in [5.74, 6) is 0.570. The van der Waals surface area contributed by atoms with E-state index in [1.165, 1.54) is 6.07 Å². The van der Waals surface area contributed by atoms with Crippen LogP contribution in [-0.4, -0.2) is 27.2 Å². The van der Waals surface area contributed by atoms with Gasteiger partial charge in [0.25, 0.3) is 0 Å². The van der Waals surface area contributed by atoms with Crippen LogP contribution in [0.3, 0.4) is 0 Å². The van der Waals surface area contributed by atoms with Gasteiger partial charge in [0.2, 0.25) is 0 Å². The van der Waals surface area contributed by atoms with E-state index in [4.69, 9.17) is 21.4 Å². The summed E-state index contributed by atoms with van der Waals surface area (Å²) in [6, 6.07) is 3.09. The van der Waals surface area contributed by atoms with Gasteiger partial charge in [-0.3, -0.25) is 0 Å². The molecule has 1 aliphatic rings. The Labute approximate surface area is 114 Å². The van der Waals surface area contributed by atoms with Crippen molar-refractivity contribution in [3.8, 4) is 5.75 Å². The van der Waals surface area contributed by atoms with Crippen LogP contribution in [-0.2, 0) is 11.4 Å². The molecule has 1 aromatic carbocycles. The van der Waals surface area contributed by atoms with Gasteiger partial charge in [-0.05, 0) is 26.0 Å². The number of halogens is 1. The van der Waals surface area contributed by atoms with E-state index in [2.05, 4.69) is 4.98 Å². The molecule has 2 aromatic rings. The van der Waals surface area contributed by atoms with Gasteiger partial charge in [-0.1, -0.05) is 0 Å². The molecule has 0 bridgehead atoms. The maximum atomic E-state index is 11.1. The Kier molecular flexibility index (Phi) is 2.50. The van der Waals surface area contributed by atoms with Crippen molar-refractivity contribution in [1.29, 1.82) is 0 Å². The number of ether oxygens (including phenoxy) is 1. The summed E-state index contributed by atoms with van der Waals surface area (Å²) >= 11 is 5.95. The van der Waals surface area contributed by atoms with Crippen LogP contribution >= 0.6 is 11.6 Å². The van der Waals surface area contributed by atoms with Crippen LogP contribution in [0.2, 0.25) is 0 Å². The lowest BCUT2D eigenvalue weighted by molar-refractivity contribution is 0.0696. The van der Waals surface area contributed by atoms with Crippen LogP contribution < -0.4 is 4.74 Å². The molecule has 0 unspecified atom stereocenters. The number of imidazole rings is 1. The van der Waals surface area contributed by atoms with Gasteiger partial charge >= 0.3 is 5.97 Å². The first kappa shape index (κ1) is 12.3.